The molecule has 2 aromatic carbocycles. The van der Waals surface area contributed by atoms with Crippen molar-refractivity contribution >= 4 is 23.4 Å². The van der Waals surface area contributed by atoms with Gasteiger partial charge in [0.2, 0.25) is 17.9 Å². The van der Waals surface area contributed by atoms with Crippen molar-refractivity contribution in [2.24, 2.45) is 5.41 Å². The lowest BCUT2D eigenvalue weighted by Crippen LogP contribution is -2.46. The van der Waals surface area contributed by atoms with Crippen LogP contribution in [0.4, 0.5) is 30.6 Å². The molecule has 0 amide bonds. The maximum Gasteiger partial charge on any atom is 0.429 e. The number of nitrogens with zero attached hydrogens (tertiary/aromatic N) is 4. The fourth-order valence-electron chi connectivity index (χ4n) is 7.57. The van der Waals surface area contributed by atoms with Gasteiger partial charge in [0.05, 0.1) is 19.3 Å². The maximum atomic E-state index is 15.0. The number of morpholine rings is 1. The number of carbonyl (C=O) groups is 1. The zero-order chi connectivity index (χ0) is 35.6. The van der Waals surface area contributed by atoms with E-state index in [0.29, 0.717) is 75.9 Å². The number of alkyl halides is 3. The van der Waals surface area contributed by atoms with E-state index in [1.165, 1.54) is 12.1 Å². The zero-order valence-electron chi connectivity index (χ0n) is 28.6. The van der Waals surface area contributed by atoms with Gasteiger partial charge in [0.25, 0.3) is 0 Å². The molecule has 0 radical (unpaired) electrons. The monoisotopic (exact) mass is 698 g/mol. The molecule has 50 heavy (non-hydrogen) atoms. The minimum Gasteiger partial charge on any atom is -0.491 e. The Hall–Kier alpha value is -4.30. The van der Waals surface area contributed by atoms with Gasteiger partial charge in [-0.05, 0) is 74.3 Å². The smallest absolute Gasteiger partial charge is 0.429 e. The molecule has 0 saturated carbocycles. The standard InChI is InChI=1S/C36H45F3N6O5/c1-4-29-35(21-27(41-29)33(46)47)11-13-45(14-12-35)30-20-31(43-34(40)42-30)50-32(36(37,38)39)26-10-7-24(19-28(26)44-15-17-48-18-16-44)23-5-8-25(9-6-23)49-22(2)3/h5-10,19-20,22,27,29,32,41H,4,11-18,21H2,1-3H3,(H,46,47)(H2,40,42,43)/t27?,29?,32-/m1/s1. The van der Waals surface area contributed by atoms with Gasteiger partial charge in [0.1, 0.15) is 17.6 Å². The molecular formula is C36H45F3N6O5. The third kappa shape index (κ3) is 7.70. The quantitative estimate of drug-likeness (QED) is 0.236. The van der Waals surface area contributed by atoms with Crippen LogP contribution in [0.1, 0.15) is 58.1 Å². The number of nitrogens with one attached hydrogen (secondary N) is 1. The van der Waals surface area contributed by atoms with Gasteiger partial charge < -0.3 is 40.2 Å². The van der Waals surface area contributed by atoms with Gasteiger partial charge in [-0.1, -0.05) is 31.2 Å². The second kappa shape index (κ2) is 14.5. The van der Waals surface area contributed by atoms with Crippen LogP contribution in [-0.2, 0) is 9.53 Å². The Morgan fingerprint density at radius 3 is 2.32 bits per heavy atom. The number of benzene rings is 2. The van der Waals surface area contributed by atoms with Crippen molar-refractivity contribution in [3.63, 3.8) is 0 Å². The number of ether oxygens (including phenoxy) is 3. The van der Waals surface area contributed by atoms with Crippen LogP contribution in [0.15, 0.2) is 48.5 Å². The van der Waals surface area contributed by atoms with E-state index in [-0.39, 0.29) is 35.0 Å². The first kappa shape index (κ1) is 35.5. The van der Waals surface area contributed by atoms with Gasteiger partial charge in [-0.25, -0.2) is 0 Å². The Kier molecular flexibility index (Phi) is 10.3. The first-order valence-corrected chi connectivity index (χ1v) is 17.2. The van der Waals surface area contributed by atoms with Crippen LogP contribution in [0.2, 0.25) is 0 Å². The van der Waals surface area contributed by atoms with Crippen LogP contribution in [-0.4, -0.2) is 84.8 Å². The minimum atomic E-state index is -4.79. The first-order chi connectivity index (χ1) is 23.8. The molecule has 14 heteroatoms. The molecule has 1 aromatic heterocycles. The van der Waals surface area contributed by atoms with Crippen molar-refractivity contribution < 1.29 is 37.3 Å². The van der Waals surface area contributed by atoms with E-state index in [0.717, 1.165) is 17.5 Å². The summed E-state index contributed by atoms with van der Waals surface area (Å²) in [6, 6.07) is 13.2. The molecule has 3 atom stereocenters. The molecular weight excluding hydrogens is 653 g/mol. The molecule has 3 fully saturated rings. The van der Waals surface area contributed by atoms with Crippen molar-refractivity contribution in [2.75, 3.05) is 54.9 Å². The van der Waals surface area contributed by atoms with Gasteiger partial charge in [-0.15, -0.1) is 0 Å². The number of halogens is 3. The molecule has 2 unspecified atom stereocenters. The number of carboxylic acids is 1. The predicted molar refractivity (Wildman–Crippen MR) is 184 cm³/mol. The summed E-state index contributed by atoms with van der Waals surface area (Å²) in [5.74, 6) is -0.269. The van der Waals surface area contributed by atoms with E-state index >= 15 is 0 Å². The molecule has 4 heterocycles. The summed E-state index contributed by atoms with van der Waals surface area (Å²) in [7, 11) is 0. The number of anilines is 3. The number of hydrogen-bond donors (Lipinski definition) is 3. The minimum absolute atomic E-state index is 0.0113. The number of nitrogens with two attached hydrogens (primary N) is 1. The summed E-state index contributed by atoms with van der Waals surface area (Å²) >= 11 is 0. The second-order valence-electron chi connectivity index (χ2n) is 13.6. The molecule has 0 bridgehead atoms. The Labute approximate surface area is 289 Å². The van der Waals surface area contributed by atoms with Crippen LogP contribution >= 0.6 is 0 Å². The Morgan fingerprint density at radius 2 is 1.70 bits per heavy atom. The van der Waals surface area contributed by atoms with Gasteiger partial charge in [0, 0.05) is 49.5 Å². The molecule has 6 rings (SSSR count). The van der Waals surface area contributed by atoms with Crippen molar-refractivity contribution in [2.45, 2.75) is 76.9 Å². The molecule has 3 saturated heterocycles. The van der Waals surface area contributed by atoms with Gasteiger partial charge in [-0.2, -0.15) is 23.1 Å². The summed E-state index contributed by atoms with van der Waals surface area (Å²) in [5.41, 5.74) is 7.81. The van der Waals surface area contributed by atoms with E-state index in [1.807, 2.05) is 54.8 Å². The third-order valence-electron chi connectivity index (χ3n) is 10.0. The highest BCUT2D eigenvalue weighted by atomic mass is 19.4. The molecule has 3 aromatic rings. The van der Waals surface area contributed by atoms with E-state index in [9.17, 15) is 23.1 Å². The fourth-order valence-corrected chi connectivity index (χ4v) is 7.57. The lowest BCUT2D eigenvalue weighted by atomic mass is 9.71. The predicted octanol–water partition coefficient (Wildman–Crippen LogP) is 5.84. The van der Waals surface area contributed by atoms with E-state index < -0.39 is 24.3 Å². The number of nitrogen functional groups attached to an aromatic ring is 1. The van der Waals surface area contributed by atoms with Gasteiger partial charge in [-0.3, -0.25) is 4.79 Å². The van der Waals surface area contributed by atoms with E-state index in [2.05, 4.69) is 15.3 Å². The highest BCUT2D eigenvalue weighted by Gasteiger charge is 2.50. The second-order valence-corrected chi connectivity index (χ2v) is 13.6. The normalized spacial score (nSPS) is 21.4. The molecule has 270 valence electrons. The van der Waals surface area contributed by atoms with E-state index in [1.54, 1.807) is 12.1 Å². The molecule has 1 spiro atoms. The highest BCUT2D eigenvalue weighted by Crippen LogP contribution is 2.46. The van der Waals surface area contributed by atoms with Crippen LogP contribution in [0.25, 0.3) is 11.1 Å². The summed E-state index contributed by atoms with van der Waals surface area (Å²) in [4.78, 5) is 24.0. The largest absolute Gasteiger partial charge is 0.491 e. The fraction of sp³-hybridized carbons (Fsp3) is 0.528. The summed E-state index contributed by atoms with van der Waals surface area (Å²) < 4.78 is 62.0. The average Bonchev–Trinajstić information content (AvgIpc) is 3.45. The Morgan fingerprint density at radius 1 is 1.02 bits per heavy atom. The zero-order valence-corrected chi connectivity index (χ0v) is 28.6. The highest BCUT2D eigenvalue weighted by molar-refractivity contribution is 5.74. The lowest BCUT2D eigenvalue weighted by Gasteiger charge is -2.43. The van der Waals surface area contributed by atoms with Crippen molar-refractivity contribution in [1.82, 2.24) is 15.3 Å². The Balaban J connectivity index is 1.27. The number of aromatic nitrogens is 2. The Bertz CT molecular complexity index is 1640. The van der Waals surface area contributed by atoms with Crippen LogP contribution in [0.3, 0.4) is 0 Å². The molecule has 3 aliphatic rings. The molecule has 4 N–H and O–H groups in total. The van der Waals surface area contributed by atoms with Crippen molar-refractivity contribution in [1.29, 1.82) is 0 Å². The molecule has 0 aliphatic carbocycles. The average molecular weight is 699 g/mol. The van der Waals surface area contributed by atoms with Gasteiger partial charge >= 0.3 is 12.1 Å². The number of carboxylic acid groups (broad SMARTS) is 1. The topological polar surface area (TPSA) is 135 Å². The first-order valence-electron chi connectivity index (χ1n) is 17.2. The summed E-state index contributed by atoms with van der Waals surface area (Å²) in [6.07, 6.45) is -4.38. The lowest BCUT2D eigenvalue weighted by molar-refractivity contribution is -0.198. The molecule has 3 aliphatic heterocycles. The van der Waals surface area contributed by atoms with Crippen LogP contribution in [0.5, 0.6) is 11.6 Å². The van der Waals surface area contributed by atoms with Gasteiger partial charge in [0.15, 0.2) is 0 Å². The van der Waals surface area contributed by atoms with Crippen molar-refractivity contribution in [3.8, 4) is 22.8 Å². The molecule has 11 nitrogen and oxygen atoms in total. The number of piperidine rings is 1. The number of hydrogen-bond acceptors (Lipinski definition) is 10. The number of aliphatic carboxylic acids is 1. The third-order valence-corrected chi connectivity index (χ3v) is 10.0. The summed E-state index contributed by atoms with van der Waals surface area (Å²) in [5, 5.41) is 12.9. The van der Waals surface area contributed by atoms with Crippen LogP contribution < -0.4 is 30.3 Å². The van der Waals surface area contributed by atoms with Crippen molar-refractivity contribution in [3.05, 3.63) is 54.1 Å². The van der Waals surface area contributed by atoms with Crippen LogP contribution in [0, 0.1) is 5.41 Å². The summed E-state index contributed by atoms with van der Waals surface area (Å²) in [6.45, 7) is 8.61. The van der Waals surface area contributed by atoms with E-state index in [4.69, 9.17) is 19.9 Å². The number of rotatable bonds is 10. The SMILES string of the molecule is CCC1NC(C(=O)O)CC12CCN(c1cc(O[C@H](c3ccc(-c4ccc(OC(C)C)cc4)cc3N3CCOCC3)C(F)(F)F)nc(N)n1)CC2. The maximum absolute atomic E-state index is 15.0.